The van der Waals surface area contributed by atoms with Crippen LogP contribution >= 0.6 is 11.3 Å². The Morgan fingerprint density at radius 1 is 1.08 bits per heavy atom. The molecule has 1 aliphatic heterocycles. The number of imidazole rings is 1. The van der Waals surface area contributed by atoms with Crippen LogP contribution in [0.15, 0.2) is 59.9 Å². The van der Waals surface area contributed by atoms with Crippen molar-refractivity contribution >= 4 is 39.0 Å². The number of hydrogen-bond donors (Lipinski definition) is 1. The van der Waals surface area contributed by atoms with Gasteiger partial charge in [0.2, 0.25) is 5.78 Å². The molecule has 0 fully saturated rings. The fraction of sp³-hybridized carbons (Fsp3) is 0.321. The first kappa shape index (κ1) is 24.2. The maximum absolute atomic E-state index is 14.0. The minimum absolute atomic E-state index is 0.139. The normalized spacial score (nSPS) is 16.3. The van der Waals surface area contributed by atoms with Gasteiger partial charge in [0.15, 0.2) is 10.7 Å². The number of fused-ring (bicyclic) bond motifs is 3. The minimum atomic E-state index is -0.647. The van der Waals surface area contributed by atoms with Gasteiger partial charge in [-0.1, -0.05) is 67.1 Å². The van der Waals surface area contributed by atoms with Crippen LogP contribution in [0.25, 0.3) is 16.0 Å². The zero-order valence-electron chi connectivity index (χ0n) is 21.0. The van der Waals surface area contributed by atoms with Crippen molar-refractivity contribution in [2.24, 2.45) is 0 Å². The summed E-state index contributed by atoms with van der Waals surface area (Å²) in [5.74, 6) is -1.28. The van der Waals surface area contributed by atoms with Crippen molar-refractivity contribution in [1.82, 2.24) is 19.2 Å². The summed E-state index contributed by atoms with van der Waals surface area (Å²) < 4.78 is 1.97. The molecule has 4 aromatic rings. The first-order valence-electron chi connectivity index (χ1n) is 12.3. The number of hydrogen-bond acceptors (Lipinski definition) is 6. The second kappa shape index (κ2) is 9.52. The summed E-state index contributed by atoms with van der Waals surface area (Å²) in [7, 11) is 0. The molecule has 0 aliphatic carbocycles. The Morgan fingerprint density at radius 2 is 1.78 bits per heavy atom. The predicted molar refractivity (Wildman–Crippen MR) is 143 cm³/mol. The van der Waals surface area contributed by atoms with E-state index in [4.69, 9.17) is 0 Å². The lowest BCUT2D eigenvalue weighted by molar-refractivity contribution is -0.129. The van der Waals surface area contributed by atoms with E-state index in [0.717, 1.165) is 40.9 Å². The molecule has 186 valence electrons. The van der Waals surface area contributed by atoms with Crippen LogP contribution in [0.3, 0.4) is 0 Å². The number of benzene rings is 2. The Balaban J connectivity index is 1.59. The standard InChI is InChI=1S/C28H30N4O3S/c1-5-30(6-2)15-16-31-23(19-13-11-17(3)12-14-19)22(25(34)27(31)35)24(33)26-18(4)32-21-10-8-7-9-20(21)29-28(32)36-26/h7-14,23,34H,5-6,15-16H2,1-4H3. The molecule has 0 saturated carbocycles. The third-order valence-electron chi connectivity index (χ3n) is 7.09. The van der Waals surface area contributed by atoms with Crippen molar-refractivity contribution in [3.63, 3.8) is 0 Å². The third-order valence-corrected chi connectivity index (χ3v) is 8.23. The second-order valence-electron chi connectivity index (χ2n) is 9.17. The molecule has 1 unspecified atom stereocenters. The molecule has 1 atom stereocenters. The molecule has 1 aliphatic rings. The zero-order valence-corrected chi connectivity index (χ0v) is 21.8. The van der Waals surface area contributed by atoms with Crippen LogP contribution in [0.1, 0.15) is 46.4 Å². The summed E-state index contributed by atoms with van der Waals surface area (Å²) in [6.45, 7) is 10.8. The molecule has 8 heteroatoms. The highest BCUT2D eigenvalue weighted by atomic mass is 32.1. The van der Waals surface area contributed by atoms with Gasteiger partial charge in [0.25, 0.3) is 5.91 Å². The number of amides is 1. The first-order valence-corrected chi connectivity index (χ1v) is 13.1. The third kappa shape index (κ3) is 3.90. The number of rotatable bonds is 8. The molecule has 1 amide bonds. The van der Waals surface area contributed by atoms with Gasteiger partial charge in [-0.25, -0.2) is 4.98 Å². The molecule has 36 heavy (non-hydrogen) atoms. The van der Waals surface area contributed by atoms with Crippen LogP contribution in [-0.4, -0.2) is 62.2 Å². The smallest absolute Gasteiger partial charge is 0.290 e. The van der Waals surface area contributed by atoms with Gasteiger partial charge in [-0.2, -0.15) is 0 Å². The summed E-state index contributed by atoms with van der Waals surface area (Å²) in [5.41, 5.74) is 4.58. The highest BCUT2D eigenvalue weighted by Crippen LogP contribution is 2.41. The Kier molecular flexibility index (Phi) is 6.40. The van der Waals surface area contributed by atoms with Crippen LogP contribution in [-0.2, 0) is 4.79 Å². The molecule has 5 rings (SSSR count). The summed E-state index contributed by atoms with van der Waals surface area (Å²) in [5, 5.41) is 11.0. The number of carbonyl (C=O) groups is 2. The lowest BCUT2D eigenvalue weighted by Crippen LogP contribution is -2.38. The fourth-order valence-electron chi connectivity index (χ4n) is 5.00. The van der Waals surface area contributed by atoms with E-state index in [2.05, 4.69) is 23.7 Å². The predicted octanol–water partition coefficient (Wildman–Crippen LogP) is 5.09. The Labute approximate surface area is 214 Å². The van der Waals surface area contributed by atoms with E-state index >= 15 is 0 Å². The van der Waals surface area contributed by atoms with E-state index in [9.17, 15) is 14.7 Å². The van der Waals surface area contributed by atoms with E-state index in [-0.39, 0.29) is 11.4 Å². The summed E-state index contributed by atoms with van der Waals surface area (Å²) >= 11 is 1.29. The van der Waals surface area contributed by atoms with E-state index in [1.54, 1.807) is 4.90 Å². The van der Waals surface area contributed by atoms with E-state index in [0.29, 0.717) is 22.9 Å². The van der Waals surface area contributed by atoms with Gasteiger partial charge in [0.05, 0.1) is 27.5 Å². The van der Waals surface area contributed by atoms with Gasteiger partial charge >= 0.3 is 0 Å². The summed E-state index contributed by atoms with van der Waals surface area (Å²) in [6, 6.07) is 15.0. The fourth-order valence-corrected chi connectivity index (χ4v) is 6.09. The quantitative estimate of drug-likeness (QED) is 0.340. The number of aryl methyl sites for hydroxylation is 2. The molecular formula is C28H30N4O3S. The Bertz CT molecular complexity index is 1490. The van der Waals surface area contributed by atoms with Crippen molar-refractivity contribution in [2.75, 3.05) is 26.2 Å². The van der Waals surface area contributed by atoms with Crippen molar-refractivity contribution < 1.29 is 14.7 Å². The van der Waals surface area contributed by atoms with E-state index in [1.165, 1.54) is 11.3 Å². The molecule has 0 radical (unpaired) electrons. The maximum atomic E-state index is 14.0. The lowest BCUT2D eigenvalue weighted by Gasteiger charge is -2.29. The minimum Gasteiger partial charge on any atom is -0.503 e. The number of aromatic nitrogens is 2. The number of para-hydroxylation sites is 2. The molecule has 3 heterocycles. The average molecular weight is 503 g/mol. The number of Topliss-reactive ketones (excluding diaryl/α,β-unsaturated/α-hetero) is 1. The number of aliphatic hydroxyl groups is 1. The van der Waals surface area contributed by atoms with Crippen LogP contribution < -0.4 is 0 Å². The van der Waals surface area contributed by atoms with Crippen LogP contribution in [0, 0.1) is 13.8 Å². The molecular weight excluding hydrogens is 472 g/mol. The van der Waals surface area contributed by atoms with Crippen molar-refractivity contribution in [3.05, 3.63) is 81.6 Å². The average Bonchev–Trinajstić information content (AvgIpc) is 3.49. The molecule has 2 aromatic carbocycles. The SMILES string of the molecule is CCN(CC)CCN1C(=O)C(O)=C(C(=O)c2sc3nc4ccccc4n3c2C)C1c1ccc(C)cc1. The zero-order chi connectivity index (χ0) is 25.6. The van der Waals surface area contributed by atoms with Gasteiger partial charge in [0, 0.05) is 18.8 Å². The number of thiazole rings is 1. The van der Waals surface area contributed by atoms with Gasteiger partial charge in [0.1, 0.15) is 0 Å². The number of likely N-dealkylation sites (N-methyl/N-ethyl adjacent to an activating group) is 1. The molecule has 7 nitrogen and oxygen atoms in total. The molecule has 0 saturated heterocycles. The Morgan fingerprint density at radius 3 is 2.47 bits per heavy atom. The molecule has 1 N–H and O–H groups in total. The number of nitrogens with zero attached hydrogens (tertiary/aromatic N) is 4. The first-order chi connectivity index (χ1) is 17.3. The van der Waals surface area contributed by atoms with Crippen LogP contribution in [0.5, 0.6) is 0 Å². The second-order valence-corrected chi connectivity index (χ2v) is 10.1. The van der Waals surface area contributed by atoms with Gasteiger partial charge < -0.3 is 14.9 Å². The maximum Gasteiger partial charge on any atom is 0.290 e. The molecule has 0 bridgehead atoms. The lowest BCUT2D eigenvalue weighted by atomic mass is 9.94. The van der Waals surface area contributed by atoms with Gasteiger partial charge in [-0.3, -0.25) is 14.0 Å². The highest BCUT2D eigenvalue weighted by molar-refractivity contribution is 7.19. The van der Waals surface area contributed by atoms with E-state index in [1.807, 2.05) is 66.8 Å². The van der Waals surface area contributed by atoms with Crippen molar-refractivity contribution in [1.29, 1.82) is 0 Å². The largest absolute Gasteiger partial charge is 0.503 e. The number of aliphatic hydroxyl groups excluding tert-OH is 1. The van der Waals surface area contributed by atoms with Gasteiger partial charge in [-0.05, 0) is 44.6 Å². The van der Waals surface area contributed by atoms with E-state index < -0.39 is 17.7 Å². The van der Waals surface area contributed by atoms with Crippen LogP contribution in [0.4, 0.5) is 0 Å². The Hall–Kier alpha value is -3.49. The summed E-state index contributed by atoms with van der Waals surface area (Å²) in [6.07, 6.45) is 0. The summed E-state index contributed by atoms with van der Waals surface area (Å²) in [4.78, 5) is 37.1. The van der Waals surface area contributed by atoms with Crippen LogP contribution in [0.2, 0.25) is 0 Å². The molecule has 0 spiro atoms. The number of ketones is 1. The van der Waals surface area contributed by atoms with Crippen molar-refractivity contribution in [2.45, 2.75) is 33.7 Å². The van der Waals surface area contributed by atoms with Crippen molar-refractivity contribution in [3.8, 4) is 0 Å². The van der Waals surface area contributed by atoms with Gasteiger partial charge in [-0.15, -0.1) is 0 Å². The monoisotopic (exact) mass is 502 g/mol. The number of carbonyl (C=O) groups excluding carboxylic acids is 2. The highest BCUT2D eigenvalue weighted by Gasteiger charge is 2.44. The topological polar surface area (TPSA) is 78.2 Å². The molecule has 2 aromatic heterocycles.